The number of unbranched alkanes of at least 4 members (excludes halogenated alkanes) is 1. The van der Waals surface area contributed by atoms with Crippen LogP contribution < -0.4 is 27.3 Å². The smallest absolute Gasteiger partial charge is 0.328 e. The number of carbonyl (C=O) groups is 2. The van der Waals surface area contributed by atoms with E-state index in [1.54, 1.807) is 24.3 Å². The number of pyridine rings is 1. The van der Waals surface area contributed by atoms with Gasteiger partial charge in [0.1, 0.15) is 46.9 Å². The number of aromatic nitrogens is 2. The molecule has 0 unspecified atom stereocenters. The van der Waals surface area contributed by atoms with Gasteiger partial charge in [-0.2, -0.15) is 5.26 Å². The number of rotatable bonds is 16. The highest BCUT2D eigenvalue weighted by atomic mass is 35.5. The molecule has 0 fully saturated rings. The second-order valence-corrected chi connectivity index (χ2v) is 13.0. The van der Waals surface area contributed by atoms with E-state index in [1.807, 2.05) is 29.6 Å². The Hall–Kier alpha value is -4.70. The number of ether oxygens (including phenoxy) is 2. The summed E-state index contributed by atoms with van der Waals surface area (Å²) in [6.45, 7) is 9.79. The van der Waals surface area contributed by atoms with Crippen molar-refractivity contribution in [3.63, 3.8) is 0 Å². The van der Waals surface area contributed by atoms with Crippen molar-refractivity contribution in [2.45, 2.75) is 49.0 Å². The largest absolute Gasteiger partial charge is 0.490 e. The van der Waals surface area contributed by atoms with Gasteiger partial charge < -0.3 is 32.0 Å². The van der Waals surface area contributed by atoms with Crippen LogP contribution in [0.4, 0.5) is 11.5 Å². The first-order valence-electron chi connectivity index (χ1n) is 15.2. The Morgan fingerprint density at radius 3 is 2.51 bits per heavy atom. The molecule has 0 saturated heterocycles. The Kier molecular flexibility index (Phi) is 13.8. The summed E-state index contributed by atoms with van der Waals surface area (Å²) in [6.07, 6.45) is 1.97. The number of hydrogen-bond donors (Lipinski definition) is 4. The van der Waals surface area contributed by atoms with Gasteiger partial charge >= 0.3 is 5.97 Å². The summed E-state index contributed by atoms with van der Waals surface area (Å²) in [5.41, 5.74) is 20.6. The number of thioether (sulfide) groups is 1. The molecule has 0 radical (unpaired) electrons. The average molecular weight is 719 g/mol. The second-order valence-electron chi connectivity index (χ2n) is 10.7. The van der Waals surface area contributed by atoms with Gasteiger partial charge in [0.05, 0.1) is 23.9 Å². The minimum atomic E-state index is -0.873. The molecule has 2 aromatic heterocycles. The van der Waals surface area contributed by atoms with Gasteiger partial charge in [-0.1, -0.05) is 54.0 Å². The molecule has 2 heterocycles. The van der Waals surface area contributed by atoms with Crippen molar-refractivity contribution in [1.82, 2.24) is 15.3 Å². The summed E-state index contributed by atoms with van der Waals surface area (Å²) >= 11 is 8.82. The average Bonchev–Trinajstić information content (AvgIpc) is 3.58. The first-order valence-corrected chi connectivity index (χ1v) is 17.5. The van der Waals surface area contributed by atoms with Crippen molar-refractivity contribution in [3.05, 3.63) is 81.6 Å². The Labute approximate surface area is 297 Å². The molecule has 0 spiro atoms. The third kappa shape index (κ3) is 10.2. The van der Waals surface area contributed by atoms with E-state index in [4.69, 9.17) is 49.8 Å². The van der Waals surface area contributed by atoms with Gasteiger partial charge in [-0.3, -0.25) is 4.79 Å². The SMILES string of the molecule is [C-]#[N+]c1c(N)nc(SCc2csc(-c3ccc(Cl)cc3)n2)c(C#N)c1-c1ccc(OCCOC(=O)[C@H](C)NC(=O)[C@@H](N)CCCCN)cc1. The number of nitrogens with zero attached hydrogens (tertiary/aromatic N) is 4. The zero-order chi connectivity index (χ0) is 35.3. The molecule has 2 aromatic carbocycles. The number of nitriles is 1. The summed E-state index contributed by atoms with van der Waals surface area (Å²) in [5.74, 6) is -0.105. The molecular weight excluding hydrogens is 684 g/mol. The maximum atomic E-state index is 12.3. The van der Waals surface area contributed by atoms with Crippen molar-refractivity contribution < 1.29 is 19.1 Å². The summed E-state index contributed by atoms with van der Waals surface area (Å²) < 4.78 is 10.9. The van der Waals surface area contributed by atoms with Crippen LogP contribution in [0.3, 0.4) is 0 Å². The lowest BCUT2D eigenvalue weighted by atomic mass is 10.00. The van der Waals surface area contributed by atoms with Crippen LogP contribution in [0, 0.1) is 17.9 Å². The number of nitrogen functional groups attached to an aromatic ring is 1. The van der Waals surface area contributed by atoms with Gasteiger partial charge in [0.25, 0.3) is 0 Å². The van der Waals surface area contributed by atoms with Crippen molar-refractivity contribution >= 4 is 58.1 Å². The van der Waals surface area contributed by atoms with E-state index in [9.17, 15) is 14.9 Å². The van der Waals surface area contributed by atoms with Crippen molar-refractivity contribution in [2.75, 3.05) is 25.5 Å². The summed E-state index contributed by atoms with van der Waals surface area (Å²) in [4.78, 5) is 37.2. The highest BCUT2D eigenvalue weighted by molar-refractivity contribution is 7.98. The van der Waals surface area contributed by atoms with Crippen molar-refractivity contribution in [1.29, 1.82) is 5.26 Å². The van der Waals surface area contributed by atoms with Gasteiger partial charge in [0.2, 0.25) is 11.6 Å². The fraction of sp³-hybridized carbons (Fsp3) is 0.294. The maximum absolute atomic E-state index is 12.3. The molecule has 0 bridgehead atoms. The number of nitrogens with one attached hydrogen (secondary N) is 1. The molecule has 15 heteroatoms. The first kappa shape index (κ1) is 37.1. The molecule has 0 aliphatic rings. The number of amides is 1. The van der Waals surface area contributed by atoms with Crippen LogP contribution in [0.15, 0.2) is 58.9 Å². The fourth-order valence-corrected chi connectivity index (χ4v) is 6.52. The lowest BCUT2D eigenvalue weighted by Gasteiger charge is -2.17. The molecule has 4 aromatic rings. The molecule has 7 N–H and O–H groups in total. The number of hydrogen-bond acceptors (Lipinski definition) is 12. The zero-order valence-corrected chi connectivity index (χ0v) is 29.0. The topological polar surface area (TPSA) is 197 Å². The molecule has 1 amide bonds. The number of benzene rings is 2. The van der Waals surface area contributed by atoms with Crippen molar-refractivity contribution in [2.24, 2.45) is 11.5 Å². The number of halogens is 1. The summed E-state index contributed by atoms with van der Waals surface area (Å²) in [7, 11) is 0. The second kappa shape index (κ2) is 18.2. The van der Waals surface area contributed by atoms with Crippen LogP contribution in [-0.2, 0) is 20.1 Å². The van der Waals surface area contributed by atoms with E-state index in [0.29, 0.717) is 45.6 Å². The Morgan fingerprint density at radius 1 is 1.12 bits per heavy atom. The van der Waals surface area contributed by atoms with Gasteiger partial charge in [0, 0.05) is 27.3 Å². The zero-order valence-electron chi connectivity index (χ0n) is 26.6. The van der Waals surface area contributed by atoms with E-state index >= 15 is 0 Å². The van der Waals surface area contributed by atoms with E-state index < -0.39 is 24.0 Å². The Bertz CT molecular complexity index is 1840. The third-order valence-corrected chi connectivity index (χ3v) is 9.35. The summed E-state index contributed by atoms with van der Waals surface area (Å²) in [6, 6.07) is 14.8. The molecule has 2 atom stereocenters. The van der Waals surface area contributed by atoms with Crippen LogP contribution in [0.25, 0.3) is 26.5 Å². The highest BCUT2D eigenvalue weighted by Gasteiger charge is 2.22. The van der Waals surface area contributed by atoms with Crippen LogP contribution >= 0.6 is 34.7 Å². The quantitative estimate of drug-likeness (QED) is 0.0480. The first-order chi connectivity index (χ1) is 23.6. The number of nitrogens with two attached hydrogens (primary N) is 3. The fourth-order valence-electron chi connectivity index (χ4n) is 4.58. The number of thiazole rings is 1. The van der Waals surface area contributed by atoms with Crippen LogP contribution in [0.1, 0.15) is 37.4 Å². The lowest BCUT2D eigenvalue weighted by Crippen LogP contribution is -2.47. The predicted octanol–water partition coefficient (Wildman–Crippen LogP) is 5.71. The normalized spacial score (nSPS) is 12.0. The Morgan fingerprint density at radius 2 is 1.84 bits per heavy atom. The molecule has 49 heavy (non-hydrogen) atoms. The van der Waals surface area contributed by atoms with Gasteiger partial charge in [-0.15, -0.1) is 11.3 Å². The molecule has 0 saturated carbocycles. The Balaban J connectivity index is 1.36. The predicted molar refractivity (Wildman–Crippen MR) is 192 cm³/mol. The van der Waals surface area contributed by atoms with Crippen LogP contribution in [-0.4, -0.2) is 53.7 Å². The van der Waals surface area contributed by atoms with E-state index in [2.05, 4.69) is 21.2 Å². The standard InChI is InChI=1S/C34H35ClN8O4S2/c1-20(41-31(44)27(38)5-3-4-14-36)34(45)47-16-15-46-25-12-8-21(9-13-25)28-26(17-37)33(43-30(39)29(28)40-2)49-19-24-18-48-32(42-24)22-6-10-23(35)11-7-22/h6-13,18,20,27H,3-5,14-16,19,36,38H2,1H3,(H2,39,43)(H,41,44)/t20-,27-/m0/s1. The number of anilines is 1. The minimum Gasteiger partial charge on any atom is -0.490 e. The van der Waals surface area contributed by atoms with E-state index in [0.717, 1.165) is 29.1 Å². The maximum Gasteiger partial charge on any atom is 0.328 e. The monoisotopic (exact) mass is 718 g/mol. The minimum absolute atomic E-state index is 0.0211. The van der Waals surface area contributed by atoms with E-state index in [-0.39, 0.29) is 30.3 Å². The van der Waals surface area contributed by atoms with Gasteiger partial charge in [0.15, 0.2) is 0 Å². The molecule has 0 aliphatic carbocycles. The third-order valence-electron chi connectivity index (χ3n) is 7.15. The molecule has 254 valence electrons. The van der Waals surface area contributed by atoms with Gasteiger partial charge in [-0.25, -0.2) is 19.6 Å². The molecule has 12 nitrogen and oxygen atoms in total. The van der Waals surface area contributed by atoms with Crippen LogP contribution in [0.2, 0.25) is 5.02 Å². The number of esters is 1. The van der Waals surface area contributed by atoms with E-state index in [1.165, 1.54) is 30.0 Å². The summed E-state index contributed by atoms with van der Waals surface area (Å²) in [5, 5.41) is 16.6. The number of carbonyl (C=O) groups excluding carboxylic acids is 2. The van der Waals surface area contributed by atoms with Crippen LogP contribution in [0.5, 0.6) is 5.75 Å². The molecular formula is C34H35ClN8O4S2. The highest BCUT2D eigenvalue weighted by Crippen LogP contribution is 2.42. The van der Waals surface area contributed by atoms with Crippen molar-refractivity contribution in [3.8, 4) is 33.5 Å². The molecule has 4 rings (SSSR count). The lowest BCUT2D eigenvalue weighted by molar-refractivity contribution is -0.148. The van der Waals surface area contributed by atoms with Gasteiger partial charge in [-0.05, 0) is 56.1 Å². The molecule has 0 aliphatic heterocycles.